The molecular formula is C10H15NTe. The normalized spacial score (nSPS) is 13.3. The van der Waals surface area contributed by atoms with Crippen molar-refractivity contribution < 1.29 is 0 Å². The minimum atomic E-state index is 0.0821. The third kappa shape index (κ3) is 2.48. The molecule has 1 aromatic rings. The number of nitrogens with zero attached hydrogens (tertiary/aromatic N) is 1. The van der Waals surface area contributed by atoms with E-state index in [0.717, 1.165) is 0 Å². The number of rotatable bonds is 3. The fourth-order valence-electron chi connectivity index (χ4n) is 1.26. The zero-order valence-electron chi connectivity index (χ0n) is 7.82. The van der Waals surface area contributed by atoms with E-state index in [4.69, 9.17) is 0 Å². The molecule has 0 aromatic heterocycles. The first-order chi connectivity index (χ1) is 5.75. The van der Waals surface area contributed by atoms with Gasteiger partial charge in [0.1, 0.15) is 0 Å². The molecule has 0 aliphatic carbocycles. The maximum atomic E-state index is 2.35. The molecule has 0 fully saturated rings. The van der Waals surface area contributed by atoms with E-state index < -0.39 is 0 Å². The first-order valence-electron chi connectivity index (χ1n) is 4.00. The van der Waals surface area contributed by atoms with Gasteiger partial charge in [0.05, 0.1) is 0 Å². The van der Waals surface area contributed by atoms with Crippen molar-refractivity contribution in [2.45, 2.75) is 9.06 Å². The van der Waals surface area contributed by atoms with E-state index in [2.05, 4.69) is 54.3 Å². The van der Waals surface area contributed by atoms with Crippen molar-refractivity contribution in [1.29, 1.82) is 0 Å². The molecule has 0 aliphatic heterocycles. The van der Waals surface area contributed by atoms with Gasteiger partial charge in [-0.15, -0.1) is 0 Å². The second kappa shape index (κ2) is 4.87. The summed E-state index contributed by atoms with van der Waals surface area (Å²) in [5, 5.41) is 0. The zero-order valence-corrected chi connectivity index (χ0v) is 10.1. The molecule has 1 nitrogen and oxygen atoms in total. The summed E-state index contributed by atoms with van der Waals surface area (Å²) >= 11 is 0.0821. The molecule has 0 N–H and O–H groups in total. The van der Waals surface area contributed by atoms with Crippen LogP contribution in [0.5, 0.6) is 0 Å². The van der Waals surface area contributed by atoms with Gasteiger partial charge in [0.15, 0.2) is 0 Å². The van der Waals surface area contributed by atoms with E-state index in [-0.39, 0.29) is 20.9 Å². The topological polar surface area (TPSA) is 3.24 Å². The van der Waals surface area contributed by atoms with Gasteiger partial charge in [-0.3, -0.25) is 0 Å². The van der Waals surface area contributed by atoms with Crippen LogP contribution < -0.4 is 0 Å². The summed E-state index contributed by atoms with van der Waals surface area (Å²) in [7, 11) is 4.32. The van der Waals surface area contributed by atoms with Crippen molar-refractivity contribution in [3.63, 3.8) is 0 Å². The molecule has 0 aliphatic rings. The standard InChI is InChI=1S/C10H15NTe/c1-11(2)10(12-3)9-7-5-4-6-8-9/h4-8,10H,1-3H3. The quantitative estimate of drug-likeness (QED) is 0.764. The summed E-state index contributed by atoms with van der Waals surface area (Å²) < 4.78 is 0.691. The van der Waals surface area contributed by atoms with E-state index in [9.17, 15) is 0 Å². The van der Waals surface area contributed by atoms with Crippen molar-refractivity contribution in [3.8, 4) is 0 Å². The van der Waals surface area contributed by atoms with Crippen LogP contribution in [0.2, 0.25) is 4.97 Å². The number of hydrogen-bond acceptors (Lipinski definition) is 1. The van der Waals surface area contributed by atoms with Gasteiger partial charge in [0, 0.05) is 0 Å². The summed E-state index contributed by atoms with van der Waals surface area (Å²) in [5.74, 6) is 0. The average molecular weight is 277 g/mol. The summed E-state index contributed by atoms with van der Waals surface area (Å²) in [4.78, 5) is 4.67. The van der Waals surface area contributed by atoms with Gasteiger partial charge in [-0.1, -0.05) is 0 Å². The third-order valence-corrected chi connectivity index (χ3v) is 5.03. The molecule has 0 heterocycles. The van der Waals surface area contributed by atoms with Crippen molar-refractivity contribution in [3.05, 3.63) is 35.9 Å². The Morgan fingerprint density at radius 1 is 1.17 bits per heavy atom. The SMILES string of the molecule is C[Te]C(c1ccccc1)N(C)C. The Hall–Kier alpha value is -0.0304. The van der Waals surface area contributed by atoms with Crippen molar-refractivity contribution in [1.82, 2.24) is 4.90 Å². The van der Waals surface area contributed by atoms with Crippen LogP contribution in [0.3, 0.4) is 0 Å². The Balaban J connectivity index is 2.80. The van der Waals surface area contributed by atoms with Crippen LogP contribution in [0.4, 0.5) is 0 Å². The van der Waals surface area contributed by atoms with Crippen molar-refractivity contribution in [2.24, 2.45) is 0 Å². The molecule has 66 valence electrons. The Kier molecular flexibility index (Phi) is 4.08. The molecule has 0 saturated heterocycles. The maximum absolute atomic E-state index is 2.35. The Bertz CT molecular complexity index is 221. The molecular weight excluding hydrogens is 262 g/mol. The van der Waals surface area contributed by atoms with E-state index in [1.54, 1.807) is 0 Å². The first-order valence-corrected chi connectivity index (χ1v) is 7.67. The average Bonchev–Trinajstić information content (AvgIpc) is 2.07. The van der Waals surface area contributed by atoms with Crippen LogP contribution in [-0.2, 0) is 0 Å². The fraction of sp³-hybridized carbons (Fsp3) is 0.400. The van der Waals surface area contributed by atoms with Crippen LogP contribution in [0, 0.1) is 0 Å². The van der Waals surface area contributed by atoms with Crippen molar-refractivity contribution in [2.75, 3.05) is 14.1 Å². The predicted octanol–water partition coefficient (Wildman–Crippen LogP) is 2.00. The number of hydrogen-bond donors (Lipinski definition) is 0. The minimum absolute atomic E-state index is 0.0821. The fourth-order valence-corrected chi connectivity index (χ4v) is 3.69. The molecule has 1 rings (SSSR count). The van der Waals surface area contributed by atoms with Crippen LogP contribution in [0.15, 0.2) is 30.3 Å². The zero-order chi connectivity index (χ0) is 8.97. The molecule has 1 atom stereocenters. The molecule has 1 aromatic carbocycles. The van der Waals surface area contributed by atoms with Crippen LogP contribution >= 0.6 is 0 Å². The van der Waals surface area contributed by atoms with E-state index in [1.165, 1.54) is 5.56 Å². The molecule has 1 unspecified atom stereocenters. The molecule has 0 radical (unpaired) electrons. The van der Waals surface area contributed by atoms with Crippen LogP contribution in [-0.4, -0.2) is 39.9 Å². The monoisotopic (exact) mass is 279 g/mol. The van der Waals surface area contributed by atoms with Gasteiger partial charge >= 0.3 is 84.9 Å². The summed E-state index contributed by atoms with van der Waals surface area (Å²) in [5.41, 5.74) is 1.47. The predicted molar refractivity (Wildman–Crippen MR) is 54.5 cm³/mol. The van der Waals surface area contributed by atoms with Gasteiger partial charge in [0.25, 0.3) is 0 Å². The molecule has 2 heteroatoms. The number of benzene rings is 1. The van der Waals surface area contributed by atoms with Gasteiger partial charge in [-0.25, -0.2) is 0 Å². The Labute approximate surface area is 84.9 Å². The molecule has 0 amide bonds. The van der Waals surface area contributed by atoms with E-state index >= 15 is 0 Å². The molecule has 0 bridgehead atoms. The molecule has 0 saturated carbocycles. The van der Waals surface area contributed by atoms with Gasteiger partial charge in [-0.2, -0.15) is 0 Å². The summed E-state index contributed by atoms with van der Waals surface area (Å²) in [6.45, 7) is 0. The van der Waals surface area contributed by atoms with Crippen LogP contribution in [0.1, 0.15) is 9.65 Å². The van der Waals surface area contributed by atoms with Gasteiger partial charge < -0.3 is 0 Å². The van der Waals surface area contributed by atoms with Crippen molar-refractivity contribution >= 4 is 20.9 Å². The Morgan fingerprint density at radius 2 is 1.75 bits per heavy atom. The van der Waals surface area contributed by atoms with Gasteiger partial charge in [-0.05, 0) is 0 Å². The van der Waals surface area contributed by atoms with E-state index in [1.807, 2.05) is 0 Å². The third-order valence-electron chi connectivity index (χ3n) is 1.78. The Morgan fingerprint density at radius 3 is 2.17 bits per heavy atom. The first kappa shape index (κ1) is 10.1. The second-order valence-electron chi connectivity index (χ2n) is 2.96. The summed E-state index contributed by atoms with van der Waals surface area (Å²) in [6.07, 6.45) is 0. The van der Waals surface area contributed by atoms with Gasteiger partial charge in [0.2, 0.25) is 0 Å². The second-order valence-corrected chi connectivity index (χ2v) is 5.58. The summed E-state index contributed by atoms with van der Waals surface area (Å²) in [6, 6.07) is 10.8. The molecule has 12 heavy (non-hydrogen) atoms. The van der Waals surface area contributed by atoms with Crippen LogP contribution in [0.25, 0.3) is 0 Å². The van der Waals surface area contributed by atoms with E-state index in [0.29, 0.717) is 4.09 Å². The molecule has 0 spiro atoms.